The van der Waals surface area contributed by atoms with Gasteiger partial charge in [-0.2, -0.15) is 0 Å². The number of hydrogen-bond acceptors (Lipinski definition) is 3. The number of halogens is 4. The topological polar surface area (TPSA) is 58.6 Å². The van der Waals surface area contributed by atoms with E-state index in [0.29, 0.717) is 19.4 Å². The van der Waals surface area contributed by atoms with E-state index in [1.165, 1.54) is 0 Å². The van der Waals surface area contributed by atoms with Gasteiger partial charge in [-0.3, -0.25) is 4.79 Å². The van der Waals surface area contributed by atoms with E-state index in [0.717, 1.165) is 12.1 Å². The fraction of sp³-hybridized carbons (Fsp3) is 0.500. The third kappa shape index (κ3) is 4.86. The zero-order valence-electron chi connectivity index (χ0n) is 11.7. The third-order valence-corrected chi connectivity index (χ3v) is 3.39. The SMILES string of the molecule is Cl.O=C(O)CCC[C@H]1COC[C@@H](c2cc(F)c(F)c(F)c2)N1. The molecule has 0 unspecified atom stereocenters. The Balaban J connectivity index is 0.00000242. The fourth-order valence-electron chi connectivity index (χ4n) is 2.34. The number of morpholine rings is 1. The summed E-state index contributed by atoms with van der Waals surface area (Å²) in [5, 5.41) is 11.7. The lowest BCUT2D eigenvalue weighted by Gasteiger charge is -2.31. The van der Waals surface area contributed by atoms with E-state index in [9.17, 15) is 18.0 Å². The van der Waals surface area contributed by atoms with Crippen molar-refractivity contribution in [3.05, 3.63) is 35.1 Å². The van der Waals surface area contributed by atoms with Crippen molar-refractivity contribution in [3.63, 3.8) is 0 Å². The first-order valence-electron chi connectivity index (χ1n) is 6.67. The van der Waals surface area contributed by atoms with Gasteiger partial charge in [-0.25, -0.2) is 13.2 Å². The zero-order chi connectivity index (χ0) is 15.4. The van der Waals surface area contributed by atoms with Crippen molar-refractivity contribution in [2.75, 3.05) is 13.2 Å². The number of carboxylic acid groups (broad SMARTS) is 1. The standard InChI is InChI=1S/C14H16F3NO3.ClH/c15-10-4-8(5-11(16)14(10)17)12-7-21-6-9(18-12)2-1-3-13(19)20;/h4-5,9,12,18H,1-3,6-7H2,(H,19,20);1H/t9-,12-;/m0./s1. The molecule has 1 aromatic rings. The monoisotopic (exact) mass is 339 g/mol. The highest BCUT2D eigenvalue weighted by atomic mass is 35.5. The summed E-state index contributed by atoms with van der Waals surface area (Å²) in [6.07, 6.45) is 1.12. The van der Waals surface area contributed by atoms with E-state index < -0.39 is 29.5 Å². The highest BCUT2D eigenvalue weighted by Gasteiger charge is 2.24. The number of hydrogen-bond donors (Lipinski definition) is 2. The van der Waals surface area contributed by atoms with Gasteiger partial charge in [0.15, 0.2) is 17.5 Å². The second-order valence-corrected chi connectivity index (χ2v) is 5.04. The number of carboxylic acids is 1. The van der Waals surface area contributed by atoms with Crippen LogP contribution >= 0.6 is 12.4 Å². The van der Waals surface area contributed by atoms with Gasteiger partial charge in [0.05, 0.1) is 19.3 Å². The van der Waals surface area contributed by atoms with Crippen LogP contribution in [0, 0.1) is 17.5 Å². The highest BCUT2D eigenvalue weighted by molar-refractivity contribution is 5.85. The lowest BCUT2D eigenvalue weighted by atomic mass is 10.0. The van der Waals surface area contributed by atoms with Gasteiger partial charge >= 0.3 is 5.97 Å². The molecule has 4 nitrogen and oxygen atoms in total. The van der Waals surface area contributed by atoms with Crippen molar-refractivity contribution < 1.29 is 27.8 Å². The normalized spacial score (nSPS) is 21.2. The van der Waals surface area contributed by atoms with E-state index in [4.69, 9.17) is 9.84 Å². The minimum Gasteiger partial charge on any atom is -0.481 e. The van der Waals surface area contributed by atoms with Crippen LogP contribution in [0.4, 0.5) is 13.2 Å². The van der Waals surface area contributed by atoms with Crippen LogP contribution < -0.4 is 5.32 Å². The Morgan fingerprint density at radius 3 is 2.50 bits per heavy atom. The molecule has 1 aliphatic rings. The minimum atomic E-state index is -1.49. The Labute approximate surface area is 132 Å². The molecule has 1 saturated heterocycles. The van der Waals surface area contributed by atoms with Gasteiger partial charge < -0.3 is 15.2 Å². The molecule has 1 fully saturated rings. The van der Waals surface area contributed by atoms with E-state index in [1.807, 2.05) is 0 Å². The van der Waals surface area contributed by atoms with E-state index in [1.54, 1.807) is 0 Å². The summed E-state index contributed by atoms with van der Waals surface area (Å²) < 4.78 is 44.8. The molecule has 0 saturated carbocycles. The summed E-state index contributed by atoms with van der Waals surface area (Å²) in [5.74, 6) is -4.83. The van der Waals surface area contributed by atoms with Gasteiger partial charge in [-0.05, 0) is 30.5 Å². The van der Waals surface area contributed by atoms with Gasteiger partial charge in [-0.1, -0.05) is 0 Å². The average molecular weight is 340 g/mol. The quantitative estimate of drug-likeness (QED) is 0.810. The lowest BCUT2D eigenvalue weighted by molar-refractivity contribution is -0.137. The van der Waals surface area contributed by atoms with Crippen molar-refractivity contribution in [1.82, 2.24) is 5.32 Å². The highest BCUT2D eigenvalue weighted by Crippen LogP contribution is 2.23. The van der Waals surface area contributed by atoms with E-state index >= 15 is 0 Å². The van der Waals surface area contributed by atoms with Gasteiger partial charge in [0.25, 0.3) is 0 Å². The Morgan fingerprint density at radius 2 is 1.91 bits per heavy atom. The summed E-state index contributed by atoms with van der Waals surface area (Å²) in [4.78, 5) is 10.5. The number of aliphatic carboxylic acids is 1. The molecule has 0 bridgehead atoms. The first-order valence-corrected chi connectivity index (χ1v) is 6.67. The molecule has 1 aromatic carbocycles. The molecule has 2 atom stereocenters. The van der Waals surface area contributed by atoms with Gasteiger partial charge in [0.2, 0.25) is 0 Å². The molecule has 0 radical (unpaired) electrons. The predicted molar refractivity (Wildman–Crippen MR) is 75.5 cm³/mol. The third-order valence-electron chi connectivity index (χ3n) is 3.39. The number of benzene rings is 1. The van der Waals surface area contributed by atoms with Crippen LogP contribution in [0.3, 0.4) is 0 Å². The van der Waals surface area contributed by atoms with Crippen LogP contribution in [-0.4, -0.2) is 30.3 Å². The molecule has 0 aliphatic carbocycles. The second kappa shape index (κ2) is 8.36. The van der Waals surface area contributed by atoms with E-state index in [2.05, 4.69) is 5.32 Å². The lowest BCUT2D eigenvalue weighted by Crippen LogP contribution is -2.43. The maximum absolute atomic E-state index is 13.2. The van der Waals surface area contributed by atoms with Crippen LogP contribution in [0.15, 0.2) is 12.1 Å². The summed E-state index contributed by atoms with van der Waals surface area (Å²) in [7, 11) is 0. The second-order valence-electron chi connectivity index (χ2n) is 5.04. The molecule has 0 aromatic heterocycles. The van der Waals surface area contributed by atoms with Crippen molar-refractivity contribution in [2.24, 2.45) is 0 Å². The summed E-state index contributed by atoms with van der Waals surface area (Å²) in [6.45, 7) is 0.627. The number of rotatable bonds is 5. The molecular formula is C14H17ClF3NO3. The zero-order valence-corrected chi connectivity index (χ0v) is 12.5. The van der Waals surface area contributed by atoms with Crippen molar-refractivity contribution >= 4 is 18.4 Å². The Kier molecular flexibility index (Phi) is 7.12. The first kappa shape index (κ1) is 18.7. The molecule has 1 aliphatic heterocycles. The predicted octanol–water partition coefficient (Wildman–Crippen LogP) is 2.81. The van der Waals surface area contributed by atoms with Crippen LogP contribution in [-0.2, 0) is 9.53 Å². The van der Waals surface area contributed by atoms with Crippen LogP contribution in [0.25, 0.3) is 0 Å². The number of carbonyl (C=O) groups is 1. The molecular weight excluding hydrogens is 323 g/mol. The van der Waals surface area contributed by atoms with Gasteiger partial charge in [-0.15, -0.1) is 12.4 Å². The largest absolute Gasteiger partial charge is 0.481 e. The number of nitrogens with one attached hydrogen (secondary N) is 1. The molecule has 0 amide bonds. The van der Waals surface area contributed by atoms with Crippen molar-refractivity contribution in [1.29, 1.82) is 0 Å². The average Bonchev–Trinajstić information content (AvgIpc) is 2.44. The number of ether oxygens (including phenoxy) is 1. The maximum Gasteiger partial charge on any atom is 0.303 e. The maximum atomic E-state index is 13.2. The molecule has 1 heterocycles. The summed E-state index contributed by atoms with van der Waals surface area (Å²) >= 11 is 0. The molecule has 124 valence electrons. The Bertz CT molecular complexity index is 507. The minimum absolute atomic E-state index is 0. The molecule has 8 heteroatoms. The Morgan fingerprint density at radius 1 is 1.27 bits per heavy atom. The van der Waals surface area contributed by atoms with Crippen molar-refractivity contribution in [2.45, 2.75) is 31.3 Å². The summed E-state index contributed by atoms with van der Waals surface area (Å²) in [5.41, 5.74) is 0.273. The van der Waals surface area contributed by atoms with Gasteiger partial charge in [0, 0.05) is 12.5 Å². The molecule has 0 spiro atoms. The molecule has 2 rings (SSSR count). The van der Waals surface area contributed by atoms with Crippen LogP contribution in [0.5, 0.6) is 0 Å². The molecule has 2 N–H and O–H groups in total. The van der Waals surface area contributed by atoms with Gasteiger partial charge in [0.1, 0.15) is 0 Å². The van der Waals surface area contributed by atoms with E-state index in [-0.39, 0.29) is 37.0 Å². The molecule has 22 heavy (non-hydrogen) atoms. The Hall–Kier alpha value is -1.31. The van der Waals surface area contributed by atoms with Crippen molar-refractivity contribution in [3.8, 4) is 0 Å². The smallest absolute Gasteiger partial charge is 0.303 e. The summed E-state index contributed by atoms with van der Waals surface area (Å²) in [6, 6.07) is 1.34. The van der Waals surface area contributed by atoms with Crippen LogP contribution in [0.1, 0.15) is 30.9 Å². The fourth-order valence-corrected chi connectivity index (χ4v) is 2.34. The first-order chi connectivity index (χ1) is 9.97. The van der Waals surface area contributed by atoms with Crippen LogP contribution in [0.2, 0.25) is 0 Å².